The number of rotatable bonds is 0. The predicted molar refractivity (Wildman–Crippen MR) is 9.94 cm³/mol. The van der Waals surface area contributed by atoms with Crippen LogP contribution in [0.25, 0.3) is 0 Å². The molecule has 33 valence electrons. The first-order chi connectivity index (χ1) is 0. The van der Waals surface area contributed by atoms with E-state index in [1.165, 1.54) is 0 Å². The third-order valence-electron chi connectivity index (χ3n) is 0. The molecule has 0 nitrogen and oxygen atoms in total. The van der Waals surface area contributed by atoms with Crippen molar-refractivity contribution >= 4 is 19.8 Å². The van der Waals surface area contributed by atoms with E-state index in [0.29, 0.717) is 0 Å². The third-order valence-corrected chi connectivity index (χ3v) is 0. The van der Waals surface area contributed by atoms with Crippen LogP contribution in [0.4, 0.5) is 0 Å². The minimum atomic E-state index is 0. The van der Waals surface area contributed by atoms with Crippen molar-refractivity contribution in [3.05, 3.63) is 0 Å². The van der Waals surface area contributed by atoms with Gasteiger partial charge in [0.05, 0.1) is 0 Å². The van der Waals surface area contributed by atoms with Gasteiger partial charge in [-0.1, -0.05) is 0 Å². The van der Waals surface area contributed by atoms with Gasteiger partial charge in [0.15, 0.2) is 0 Å². The topological polar surface area (TPSA) is 0 Å². The Balaban J connectivity index is 0. The Bertz CT molecular complexity index is 11.6. The molecule has 0 spiro atoms. The minimum Gasteiger partial charge on any atom is 0 e. The summed E-state index contributed by atoms with van der Waals surface area (Å²) in [4.78, 5) is 0. The summed E-state index contributed by atoms with van der Waals surface area (Å²) in [6, 6.07) is 0. The second kappa shape index (κ2) is 28.3. The van der Waals surface area contributed by atoms with E-state index in [-0.39, 0.29) is 93.6 Å². The van der Waals surface area contributed by atoms with E-state index in [1.807, 2.05) is 0 Å². The summed E-state index contributed by atoms with van der Waals surface area (Å²) in [5.74, 6) is 0. The molecule has 1 radical (unpaired) electrons. The van der Waals surface area contributed by atoms with E-state index in [9.17, 15) is 0 Å². The Labute approximate surface area is 92.2 Å². The Kier molecular flexibility index (Phi) is 250. The molecule has 0 aromatic heterocycles. The Hall–Kier alpha value is 2.95. The molecule has 0 saturated heterocycles. The van der Waals surface area contributed by atoms with Crippen molar-refractivity contribution in [2.75, 3.05) is 0 Å². The van der Waals surface area contributed by atoms with Gasteiger partial charge in [0.25, 0.3) is 0 Å². The van der Waals surface area contributed by atoms with Gasteiger partial charge in [-0.15, -0.1) is 0 Å². The van der Waals surface area contributed by atoms with Crippen LogP contribution in [-0.2, 0) is 73.8 Å². The van der Waals surface area contributed by atoms with Gasteiger partial charge in [0, 0.05) is 73.8 Å². The molecule has 0 bridgehead atoms. The van der Waals surface area contributed by atoms with Crippen LogP contribution in [0.5, 0.6) is 0 Å². The largest absolute Gasteiger partial charge is 0 e. The van der Waals surface area contributed by atoms with Crippen LogP contribution < -0.4 is 0 Å². The summed E-state index contributed by atoms with van der Waals surface area (Å²) >= 11 is 0. The van der Waals surface area contributed by atoms with Crippen LogP contribution in [0.2, 0.25) is 0 Å². The van der Waals surface area contributed by atoms with Gasteiger partial charge < -0.3 is 0 Å². The number of hydrogen-bond acceptors (Lipinski definition) is 0. The first-order valence-electron chi connectivity index (χ1n) is 0. The maximum atomic E-state index is 0. The average Bonchev–Trinajstić information content (AvgIpc) is 0. The molecular weight excluding hydrogens is 349 g/mol. The van der Waals surface area contributed by atoms with E-state index in [4.69, 9.17) is 0 Å². The summed E-state index contributed by atoms with van der Waals surface area (Å²) < 4.78 is 0. The fourth-order valence-corrected chi connectivity index (χ4v) is 0. The van der Waals surface area contributed by atoms with Gasteiger partial charge in [-0.05, 0) is 0 Å². The van der Waals surface area contributed by atoms with Crippen molar-refractivity contribution in [3.8, 4) is 0 Å². The van der Waals surface area contributed by atoms with Crippen LogP contribution in [0.15, 0.2) is 0 Å². The molecule has 5 heavy (non-hydrogen) atoms. The molecule has 0 saturated carbocycles. The van der Waals surface area contributed by atoms with Crippen molar-refractivity contribution in [1.29, 1.82) is 0 Å². The van der Waals surface area contributed by atoms with Gasteiger partial charge in [-0.25, -0.2) is 0 Å². The van der Waals surface area contributed by atoms with Gasteiger partial charge in [-0.2, -0.15) is 0 Å². The summed E-state index contributed by atoms with van der Waals surface area (Å²) in [5, 5.41) is 0. The fourth-order valence-electron chi connectivity index (χ4n) is 0. The quantitative estimate of drug-likeness (QED) is 0.481. The second-order valence-electron chi connectivity index (χ2n) is 0. The molecule has 0 heterocycles. The number of hydrogen-bond donors (Lipinski definition) is 0. The van der Waals surface area contributed by atoms with Crippen LogP contribution >= 0.6 is 0 Å². The Morgan fingerprint density at radius 2 is 1.00 bits per heavy atom. The average molecular weight is 352 g/mol. The molecule has 0 amide bonds. The van der Waals surface area contributed by atoms with Crippen molar-refractivity contribution in [1.82, 2.24) is 0 Å². The molecule has 0 unspecified atom stereocenters. The molecule has 0 aromatic carbocycles. The minimum absolute atomic E-state index is 0. The van der Waals surface area contributed by atoms with E-state index in [2.05, 4.69) is 0 Å². The molecule has 5 heteroatoms. The molecule has 0 aromatic rings. The van der Waals surface area contributed by atoms with Crippen LogP contribution in [-0.4, -0.2) is 19.8 Å². The van der Waals surface area contributed by atoms with Crippen molar-refractivity contribution in [2.45, 2.75) is 0 Å². The normalized spacial score (nSPS) is 0. The monoisotopic (exact) mass is 351 g/mol. The Morgan fingerprint density at radius 3 is 1.00 bits per heavy atom. The molecule has 0 fully saturated rings. The predicted octanol–water partition coefficient (Wildman–Crippen LogP) is -1.19. The molecule has 0 atom stereocenters. The first-order valence-corrected chi connectivity index (χ1v) is 0. The van der Waals surface area contributed by atoms with Crippen molar-refractivity contribution in [3.63, 3.8) is 0 Å². The van der Waals surface area contributed by atoms with Gasteiger partial charge in [-0.3, -0.25) is 0 Å². The summed E-state index contributed by atoms with van der Waals surface area (Å²) in [7, 11) is 0. The second-order valence-corrected chi connectivity index (χ2v) is 0. The zero-order valence-corrected chi connectivity index (χ0v) is 8.77. The van der Waals surface area contributed by atoms with Crippen molar-refractivity contribution in [2.24, 2.45) is 0 Å². The first kappa shape index (κ1) is 44.1. The van der Waals surface area contributed by atoms with E-state index < -0.39 is 0 Å². The zero-order valence-electron chi connectivity index (χ0n) is 1.76. The molecule has 0 aliphatic carbocycles. The third kappa shape index (κ3) is 19.6. The van der Waals surface area contributed by atoms with Crippen LogP contribution in [0.3, 0.4) is 0 Å². The summed E-state index contributed by atoms with van der Waals surface area (Å²) in [6.45, 7) is 0. The van der Waals surface area contributed by atoms with Crippen LogP contribution in [0, 0.1) is 0 Å². The standard InChI is InChI=1S/Co.Ga.Mo.Ni.Zn.3H. The van der Waals surface area contributed by atoms with E-state index in [1.54, 1.807) is 0 Å². The Morgan fingerprint density at radius 1 is 1.00 bits per heavy atom. The van der Waals surface area contributed by atoms with E-state index >= 15 is 0 Å². The van der Waals surface area contributed by atoms with Gasteiger partial charge in [0.2, 0.25) is 0 Å². The fraction of sp³-hybridized carbons (Fsp3) is 0. The molecule has 0 aliphatic heterocycles. The zero-order chi connectivity index (χ0) is 0. The molecule has 0 aliphatic rings. The van der Waals surface area contributed by atoms with Gasteiger partial charge >= 0.3 is 19.8 Å². The molecular formula is H3CoGaMoNiZn. The summed E-state index contributed by atoms with van der Waals surface area (Å²) in [6.07, 6.45) is 0. The smallest absolute Gasteiger partial charge is 0 e. The van der Waals surface area contributed by atoms with E-state index in [0.717, 1.165) is 0 Å². The van der Waals surface area contributed by atoms with Crippen molar-refractivity contribution < 1.29 is 73.8 Å². The SMILES string of the molecule is [Co].[GaH3].[Mo].[Ni].[Zn]. The molecule has 0 N–H and O–H groups in total. The summed E-state index contributed by atoms with van der Waals surface area (Å²) in [5.41, 5.74) is 0. The maximum absolute atomic E-state index is 0. The van der Waals surface area contributed by atoms with Gasteiger partial charge in [0.1, 0.15) is 0 Å². The molecule has 0 rings (SSSR count). The van der Waals surface area contributed by atoms with Crippen LogP contribution in [0.1, 0.15) is 0 Å². The maximum Gasteiger partial charge on any atom is 0 e.